The van der Waals surface area contributed by atoms with Crippen LogP contribution in [0.15, 0.2) is 0 Å². The van der Waals surface area contributed by atoms with Crippen molar-refractivity contribution >= 4 is 0 Å². The number of hydrogen-bond acceptors (Lipinski definition) is 0. The van der Waals surface area contributed by atoms with Gasteiger partial charge in [-0.25, -0.2) is 0 Å². The molecule has 0 aromatic rings. The second kappa shape index (κ2) is 29.4. The molecule has 0 rings (SSSR count). The van der Waals surface area contributed by atoms with Crippen LogP contribution in [0.4, 0.5) is 0 Å². The topological polar surface area (TPSA) is 0 Å². The third-order valence-electron chi connectivity index (χ3n) is 0. The van der Waals surface area contributed by atoms with E-state index in [4.69, 9.17) is 0 Å². The van der Waals surface area contributed by atoms with Crippen LogP contribution in [0.2, 0.25) is 0 Å². The molecule has 0 saturated carbocycles. The maximum absolute atomic E-state index is 0. The first-order valence-electron chi connectivity index (χ1n) is 0. The van der Waals surface area contributed by atoms with E-state index in [1.54, 1.807) is 0 Å². The van der Waals surface area contributed by atoms with Gasteiger partial charge in [-0.3, -0.25) is 0 Å². The van der Waals surface area contributed by atoms with Gasteiger partial charge in [-0.2, -0.15) is 0 Å². The average Bonchev–Trinajstić information content (AvgIpc) is 0. The monoisotopic (exact) mass is 308 g/mol. The second-order valence-electron chi connectivity index (χ2n) is 0. The van der Waals surface area contributed by atoms with Crippen LogP contribution in [0, 0.1) is 0 Å². The molecule has 0 unspecified atom stereocenters. The summed E-state index contributed by atoms with van der Waals surface area (Å²) in [6.07, 6.45) is 0. The number of hydrogen-bond donors (Lipinski definition) is 0. The Balaban J connectivity index is 0. The largest absolute Gasteiger partial charge is 0 e. The summed E-state index contributed by atoms with van der Waals surface area (Å²) in [7, 11) is 0. The molecular weight excluding hydrogens is 312 g/mol. The van der Waals surface area contributed by atoms with E-state index in [1.807, 2.05) is 0 Å². The molecule has 34 valence electrons. The molecule has 0 aliphatic rings. The van der Waals surface area contributed by atoms with Gasteiger partial charge in [0.15, 0.2) is 0 Å². The van der Waals surface area contributed by atoms with Crippen LogP contribution < -0.4 is 0 Å². The standard InChI is InChI=1S/Co.Cu.Ni.2Zn. The third kappa shape index (κ3) is 20.1. The van der Waals surface area contributed by atoms with Gasteiger partial charge in [0.1, 0.15) is 0 Å². The summed E-state index contributed by atoms with van der Waals surface area (Å²) in [5.74, 6) is 0. The smallest absolute Gasteiger partial charge is 0 e. The first kappa shape index (κ1) is 46.5. The van der Waals surface area contributed by atoms with Crippen LogP contribution >= 0.6 is 0 Å². The Morgan fingerprint density at radius 2 is 0.800 bits per heavy atom. The van der Waals surface area contributed by atoms with Crippen LogP contribution in [0.5, 0.6) is 0 Å². The molecule has 0 heterocycles. The molecule has 0 nitrogen and oxygen atoms in total. The maximum atomic E-state index is 0. The predicted molar refractivity (Wildman–Crippen MR) is 0 cm³/mol. The SMILES string of the molecule is [Co].[Cu].[Ni].[Zn].[Zn]. The van der Waals surface area contributed by atoms with Crippen molar-refractivity contribution in [2.24, 2.45) is 0 Å². The van der Waals surface area contributed by atoms with Gasteiger partial charge >= 0.3 is 0 Å². The van der Waals surface area contributed by atoms with Crippen LogP contribution in [0.1, 0.15) is 0 Å². The molecule has 0 bridgehead atoms. The molecule has 0 atom stereocenters. The Kier molecular flexibility index (Phi) is 273. The van der Waals surface area contributed by atoms with Crippen LogP contribution in [0.3, 0.4) is 0 Å². The van der Waals surface area contributed by atoms with Crippen molar-refractivity contribution in [3.63, 3.8) is 0 Å². The van der Waals surface area contributed by atoms with Gasteiger partial charge < -0.3 is 0 Å². The van der Waals surface area contributed by atoms with E-state index in [0.29, 0.717) is 0 Å². The molecule has 0 fully saturated rings. The predicted octanol–water partition coefficient (Wildman–Crippen LogP) is -0.0125. The Labute approximate surface area is 88.1 Å². The summed E-state index contributed by atoms with van der Waals surface area (Å²) < 4.78 is 0. The summed E-state index contributed by atoms with van der Waals surface area (Å²) in [6, 6.07) is 0. The first-order valence-corrected chi connectivity index (χ1v) is 0. The summed E-state index contributed by atoms with van der Waals surface area (Å²) in [5.41, 5.74) is 0. The molecule has 0 saturated heterocycles. The fraction of sp³-hybridized carbons (Fsp3) is 0. The van der Waals surface area contributed by atoms with Crippen molar-refractivity contribution < 1.29 is 89.3 Å². The van der Waals surface area contributed by atoms with Crippen molar-refractivity contribution in [2.75, 3.05) is 0 Å². The van der Waals surface area contributed by atoms with E-state index in [2.05, 4.69) is 0 Å². The Hall–Kier alpha value is 2.77. The summed E-state index contributed by atoms with van der Waals surface area (Å²) in [4.78, 5) is 0. The van der Waals surface area contributed by atoms with E-state index in [1.165, 1.54) is 0 Å². The molecule has 5 heteroatoms. The summed E-state index contributed by atoms with van der Waals surface area (Å²) in [6.45, 7) is 0. The van der Waals surface area contributed by atoms with E-state index < -0.39 is 0 Å². The first-order chi connectivity index (χ1) is 0. The van der Waals surface area contributed by atoms with E-state index in [0.717, 1.165) is 0 Å². The molecular formula is CoCuNiZn2. The van der Waals surface area contributed by atoms with Crippen LogP contribution in [-0.4, -0.2) is 0 Å². The zero-order chi connectivity index (χ0) is 0. The second-order valence-corrected chi connectivity index (χ2v) is 0. The van der Waals surface area contributed by atoms with Gasteiger partial charge in [0.2, 0.25) is 0 Å². The zero-order valence-corrected chi connectivity index (χ0v) is 11.3. The minimum absolute atomic E-state index is 0. The van der Waals surface area contributed by atoms with Gasteiger partial charge in [-0.15, -0.1) is 0 Å². The molecule has 0 aromatic heterocycles. The van der Waals surface area contributed by atoms with Crippen molar-refractivity contribution in [3.05, 3.63) is 0 Å². The minimum Gasteiger partial charge on any atom is 0 e. The minimum atomic E-state index is 0. The fourth-order valence-corrected chi connectivity index (χ4v) is 0. The third-order valence-corrected chi connectivity index (χ3v) is 0. The van der Waals surface area contributed by atoms with Crippen molar-refractivity contribution in [1.29, 1.82) is 0 Å². The van der Waals surface area contributed by atoms with E-state index in [9.17, 15) is 0 Å². The Morgan fingerprint density at radius 3 is 0.800 bits per heavy atom. The van der Waals surface area contributed by atoms with Crippen LogP contribution in [0.25, 0.3) is 0 Å². The average molecular weight is 312 g/mol. The van der Waals surface area contributed by atoms with E-state index in [-0.39, 0.29) is 89.3 Å². The molecule has 0 aliphatic heterocycles. The van der Waals surface area contributed by atoms with Crippen molar-refractivity contribution in [1.82, 2.24) is 0 Å². The van der Waals surface area contributed by atoms with Gasteiger partial charge in [0.25, 0.3) is 0 Å². The van der Waals surface area contributed by atoms with E-state index >= 15 is 0 Å². The molecule has 0 aromatic carbocycles. The van der Waals surface area contributed by atoms with Gasteiger partial charge in [0.05, 0.1) is 0 Å². The van der Waals surface area contributed by atoms with Gasteiger partial charge in [0, 0.05) is 89.3 Å². The molecule has 5 heavy (non-hydrogen) atoms. The summed E-state index contributed by atoms with van der Waals surface area (Å²) >= 11 is 0. The fourth-order valence-electron chi connectivity index (χ4n) is 0. The molecule has 0 aliphatic carbocycles. The molecule has 0 spiro atoms. The summed E-state index contributed by atoms with van der Waals surface area (Å²) in [5, 5.41) is 0. The molecule has 0 N–H and O–H groups in total. The van der Waals surface area contributed by atoms with Crippen LogP contribution in [-0.2, 0) is 89.3 Å². The Morgan fingerprint density at radius 1 is 0.800 bits per heavy atom. The van der Waals surface area contributed by atoms with Crippen molar-refractivity contribution in [3.8, 4) is 0 Å². The molecule has 2 radical (unpaired) electrons. The Bertz CT molecular complexity index is 9.61. The van der Waals surface area contributed by atoms with Gasteiger partial charge in [-0.1, -0.05) is 0 Å². The maximum Gasteiger partial charge on any atom is 0 e. The zero-order valence-electron chi connectivity index (χ0n) is 2.37. The van der Waals surface area contributed by atoms with Gasteiger partial charge in [-0.05, 0) is 0 Å². The normalized spacial score (nSPS) is 0. The van der Waals surface area contributed by atoms with Crippen molar-refractivity contribution in [2.45, 2.75) is 0 Å². The quantitative estimate of drug-likeness (QED) is 0.552. The number of rotatable bonds is 0. The molecule has 0 amide bonds.